The van der Waals surface area contributed by atoms with E-state index in [0.29, 0.717) is 11.4 Å². The van der Waals surface area contributed by atoms with Gasteiger partial charge >= 0.3 is 5.97 Å². The summed E-state index contributed by atoms with van der Waals surface area (Å²) in [6.45, 7) is 5.41. The molecule has 4 nitrogen and oxygen atoms in total. The number of carbonyl (C=O) groups is 1. The van der Waals surface area contributed by atoms with Crippen LogP contribution in [0.2, 0.25) is 0 Å². The highest BCUT2D eigenvalue weighted by molar-refractivity contribution is 5.98. The average molecular weight is 223 g/mol. The van der Waals surface area contributed by atoms with Crippen molar-refractivity contribution in [2.24, 2.45) is 0 Å². The molecule has 0 aliphatic carbocycles. The number of anilines is 1. The summed E-state index contributed by atoms with van der Waals surface area (Å²) >= 11 is 0. The third-order valence-electron chi connectivity index (χ3n) is 1.88. The van der Waals surface area contributed by atoms with Gasteiger partial charge in [0.15, 0.2) is 0 Å². The maximum absolute atomic E-state index is 11.9. The molecule has 0 fully saturated rings. The van der Waals surface area contributed by atoms with Crippen LogP contribution in [0.25, 0.3) is 0 Å². The van der Waals surface area contributed by atoms with Crippen LogP contribution in [-0.2, 0) is 4.74 Å². The highest BCUT2D eigenvalue weighted by atomic mass is 16.6. The van der Waals surface area contributed by atoms with Gasteiger partial charge in [0.05, 0.1) is 7.11 Å². The number of rotatable bonds is 2. The Balaban J connectivity index is 3.08. The van der Waals surface area contributed by atoms with Gasteiger partial charge in [-0.15, -0.1) is 0 Å². The number of ether oxygens (including phenoxy) is 2. The number of nitrogens with two attached hydrogens (primary N) is 1. The van der Waals surface area contributed by atoms with Gasteiger partial charge in [0.1, 0.15) is 16.9 Å². The summed E-state index contributed by atoms with van der Waals surface area (Å²) in [6, 6.07) is 5.04. The highest BCUT2D eigenvalue weighted by Gasteiger charge is 2.22. The van der Waals surface area contributed by atoms with Gasteiger partial charge in [-0.2, -0.15) is 0 Å². The monoisotopic (exact) mass is 223 g/mol. The van der Waals surface area contributed by atoms with E-state index in [1.807, 2.05) is 0 Å². The highest BCUT2D eigenvalue weighted by Crippen LogP contribution is 2.26. The van der Waals surface area contributed by atoms with Gasteiger partial charge in [0.25, 0.3) is 0 Å². The van der Waals surface area contributed by atoms with Gasteiger partial charge in [-0.25, -0.2) is 4.79 Å². The lowest BCUT2D eigenvalue weighted by Crippen LogP contribution is -2.24. The summed E-state index contributed by atoms with van der Waals surface area (Å²) in [4.78, 5) is 11.9. The van der Waals surface area contributed by atoms with E-state index in [2.05, 4.69) is 0 Å². The molecular formula is C12H17NO3. The van der Waals surface area contributed by atoms with Gasteiger partial charge in [0, 0.05) is 5.69 Å². The quantitative estimate of drug-likeness (QED) is 0.617. The summed E-state index contributed by atoms with van der Waals surface area (Å²) < 4.78 is 10.3. The van der Waals surface area contributed by atoms with Crippen LogP contribution in [0.5, 0.6) is 5.75 Å². The van der Waals surface area contributed by atoms with E-state index in [9.17, 15) is 4.79 Å². The fourth-order valence-electron chi connectivity index (χ4n) is 1.27. The minimum absolute atomic E-state index is 0.278. The first-order chi connectivity index (χ1) is 7.35. The van der Waals surface area contributed by atoms with Gasteiger partial charge in [-0.1, -0.05) is 6.07 Å². The van der Waals surface area contributed by atoms with Crippen molar-refractivity contribution in [3.63, 3.8) is 0 Å². The molecule has 0 saturated heterocycles. The second-order valence-electron chi connectivity index (χ2n) is 4.43. The Morgan fingerprint density at radius 2 is 1.94 bits per heavy atom. The van der Waals surface area contributed by atoms with Gasteiger partial charge < -0.3 is 15.2 Å². The number of esters is 1. The molecule has 0 amide bonds. The Morgan fingerprint density at radius 3 is 2.44 bits per heavy atom. The van der Waals surface area contributed by atoms with Crippen LogP contribution < -0.4 is 10.5 Å². The molecule has 0 spiro atoms. The number of hydrogen-bond acceptors (Lipinski definition) is 4. The third kappa shape index (κ3) is 2.89. The van der Waals surface area contributed by atoms with E-state index in [1.54, 1.807) is 39.0 Å². The molecule has 0 aliphatic heterocycles. The molecule has 4 heteroatoms. The van der Waals surface area contributed by atoms with Crippen molar-refractivity contribution >= 4 is 11.7 Å². The first-order valence-electron chi connectivity index (χ1n) is 5.01. The van der Waals surface area contributed by atoms with E-state index in [1.165, 1.54) is 7.11 Å². The van der Waals surface area contributed by atoms with E-state index >= 15 is 0 Å². The fourth-order valence-corrected chi connectivity index (χ4v) is 1.27. The maximum Gasteiger partial charge on any atom is 0.344 e. The number of methoxy groups -OCH3 is 1. The third-order valence-corrected chi connectivity index (χ3v) is 1.88. The standard InChI is InChI=1S/C12H17NO3/c1-12(2,3)16-11(14)10-8(13)6-5-7-9(10)15-4/h5-7H,13H2,1-4H3. The molecule has 0 heterocycles. The Labute approximate surface area is 95.3 Å². The second-order valence-corrected chi connectivity index (χ2v) is 4.43. The van der Waals surface area contributed by atoms with E-state index in [0.717, 1.165) is 0 Å². The molecule has 0 radical (unpaired) electrons. The van der Waals surface area contributed by atoms with Crippen molar-refractivity contribution in [2.75, 3.05) is 12.8 Å². The van der Waals surface area contributed by atoms with Crippen LogP contribution in [0.3, 0.4) is 0 Å². The number of benzene rings is 1. The molecule has 0 unspecified atom stereocenters. The molecule has 1 aromatic carbocycles. The molecule has 1 aromatic rings. The zero-order chi connectivity index (χ0) is 12.3. The molecule has 2 N–H and O–H groups in total. The Morgan fingerprint density at radius 1 is 1.31 bits per heavy atom. The van der Waals surface area contributed by atoms with Crippen LogP contribution in [-0.4, -0.2) is 18.7 Å². The minimum Gasteiger partial charge on any atom is -0.496 e. The van der Waals surface area contributed by atoms with Crippen molar-refractivity contribution in [3.05, 3.63) is 23.8 Å². The summed E-state index contributed by atoms with van der Waals surface area (Å²) in [5.41, 5.74) is 5.82. The summed E-state index contributed by atoms with van der Waals surface area (Å²) in [5.74, 6) is -0.0447. The summed E-state index contributed by atoms with van der Waals surface area (Å²) in [6.07, 6.45) is 0. The number of nitrogen functional groups attached to an aromatic ring is 1. The minimum atomic E-state index is -0.551. The second kappa shape index (κ2) is 4.43. The van der Waals surface area contributed by atoms with Crippen LogP contribution in [0.4, 0.5) is 5.69 Å². The molecule has 0 atom stereocenters. The van der Waals surface area contributed by atoms with Crippen molar-refractivity contribution in [2.45, 2.75) is 26.4 Å². The van der Waals surface area contributed by atoms with E-state index < -0.39 is 11.6 Å². The van der Waals surface area contributed by atoms with Gasteiger partial charge in [-0.3, -0.25) is 0 Å². The fraction of sp³-hybridized carbons (Fsp3) is 0.417. The zero-order valence-electron chi connectivity index (χ0n) is 10.0. The molecule has 16 heavy (non-hydrogen) atoms. The largest absolute Gasteiger partial charge is 0.496 e. The maximum atomic E-state index is 11.9. The Hall–Kier alpha value is -1.71. The molecule has 1 rings (SSSR count). The lowest BCUT2D eigenvalue weighted by Gasteiger charge is -2.20. The number of hydrogen-bond donors (Lipinski definition) is 1. The molecule has 0 saturated carbocycles. The summed E-state index contributed by atoms with van der Waals surface area (Å²) in [5, 5.41) is 0. The predicted octanol–water partition coefficient (Wildman–Crippen LogP) is 2.23. The smallest absolute Gasteiger partial charge is 0.344 e. The summed E-state index contributed by atoms with van der Waals surface area (Å²) in [7, 11) is 1.49. The topological polar surface area (TPSA) is 61.5 Å². The number of carbonyl (C=O) groups excluding carboxylic acids is 1. The molecular weight excluding hydrogens is 206 g/mol. The molecule has 0 aromatic heterocycles. The lowest BCUT2D eigenvalue weighted by atomic mass is 10.1. The van der Waals surface area contributed by atoms with Crippen molar-refractivity contribution in [1.29, 1.82) is 0 Å². The van der Waals surface area contributed by atoms with E-state index in [4.69, 9.17) is 15.2 Å². The Bertz CT molecular complexity index is 394. The SMILES string of the molecule is COc1cccc(N)c1C(=O)OC(C)(C)C. The molecule has 88 valence electrons. The first-order valence-corrected chi connectivity index (χ1v) is 5.01. The molecule has 0 aliphatic rings. The van der Waals surface area contributed by atoms with Crippen molar-refractivity contribution < 1.29 is 14.3 Å². The predicted molar refractivity (Wildman–Crippen MR) is 62.6 cm³/mol. The van der Waals surface area contributed by atoms with Gasteiger partial charge in [-0.05, 0) is 32.9 Å². The van der Waals surface area contributed by atoms with Crippen LogP contribution in [0.1, 0.15) is 31.1 Å². The molecule has 0 bridgehead atoms. The first kappa shape index (κ1) is 12.4. The Kier molecular flexibility index (Phi) is 3.42. The van der Waals surface area contributed by atoms with Gasteiger partial charge in [0.2, 0.25) is 0 Å². The van der Waals surface area contributed by atoms with Crippen molar-refractivity contribution in [3.8, 4) is 5.75 Å². The van der Waals surface area contributed by atoms with Crippen LogP contribution >= 0.6 is 0 Å². The normalized spacial score (nSPS) is 11.0. The van der Waals surface area contributed by atoms with Crippen molar-refractivity contribution in [1.82, 2.24) is 0 Å². The van der Waals surface area contributed by atoms with Crippen LogP contribution in [0, 0.1) is 0 Å². The zero-order valence-corrected chi connectivity index (χ0v) is 10.0. The average Bonchev–Trinajstić information content (AvgIpc) is 2.14. The van der Waals surface area contributed by atoms with Crippen LogP contribution in [0.15, 0.2) is 18.2 Å². The lowest BCUT2D eigenvalue weighted by molar-refractivity contribution is 0.00679. The van der Waals surface area contributed by atoms with E-state index in [-0.39, 0.29) is 5.56 Å².